The van der Waals surface area contributed by atoms with Crippen molar-refractivity contribution in [2.45, 2.75) is 30.7 Å². The SMILES string of the molecule is CCC1(C)CN(S(=O)(=O)c2ccc([N+](=O)[O-])cc2)C(N(C)C)=N1. The first-order valence-electron chi connectivity index (χ1n) is 7.15. The number of hydrogen-bond acceptors (Lipinski definition) is 6. The lowest BCUT2D eigenvalue weighted by molar-refractivity contribution is -0.384. The van der Waals surface area contributed by atoms with Gasteiger partial charge < -0.3 is 4.90 Å². The van der Waals surface area contributed by atoms with Crippen molar-refractivity contribution in [3.63, 3.8) is 0 Å². The molecule has 1 aromatic rings. The number of rotatable bonds is 4. The lowest BCUT2D eigenvalue weighted by Gasteiger charge is -2.25. The van der Waals surface area contributed by atoms with Crippen LogP contribution in [-0.4, -0.2) is 54.7 Å². The van der Waals surface area contributed by atoms with Gasteiger partial charge in [0.1, 0.15) is 0 Å². The second-order valence-corrected chi connectivity index (χ2v) is 7.78. The molecule has 0 bridgehead atoms. The lowest BCUT2D eigenvalue weighted by atomic mass is 10.0. The molecule has 0 amide bonds. The van der Waals surface area contributed by atoms with Crippen LogP contribution in [0.3, 0.4) is 0 Å². The van der Waals surface area contributed by atoms with Crippen molar-refractivity contribution >= 4 is 21.7 Å². The molecule has 0 saturated heterocycles. The van der Waals surface area contributed by atoms with Crippen LogP contribution in [0.2, 0.25) is 0 Å². The molecule has 1 aliphatic rings. The van der Waals surface area contributed by atoms with Crippen LogP contribution < -0.4 is 0 Å². The van der Waals surface area contributed by atoms with E-state index in [1.807, 2.05) is 13.8 Å². The van der Waals surface area contributed by atoms with Crippen LogP contribution in [0.4, 0.5) is 5.69 Å². The Kier molecular flexibility index (Phi) is 4.34. The number of nitro benzene ring substituents is 1. The van der Waals surface area contributed by atoms with Crippen molar-refractivity contribution in [1.29, 1.82) is 0 Å². The average molecular weight is 340 g/mol. The van der Waals surface area contributed by atoms with E-state index in [2.05, 4.69) is 4.99 Å². The number of sulfonamides is 1. The van der Waals surface area contributed by atoms with Gasteiger partial charge in [0.2, 0.25) is 5.96 Å². The predicted molar refractivity (Wildman–Crippen MR) is 86.8 cm³/mol. The maximum Gasteiger partial charge on any atom is 0.269 e. The Morgan fingerprint density at radius 2 is 1.91 bits per heavy atom. The second kappa shape index (κ2) is 5.80. The molecule has 0 aliphatic carbocycles. The van der Waals surface area contributed by atoms with Crippen molar-refractivity contribution in [2.24, 2.45) is 4.99 Å². The van der Waals surface area contributed by atoms with Gasteiger partial charge in [-0.1, -0.05) is 6.92 Å². The van der Waals surface area contributed by atoms with Gasteiger partial charge in [-0.05, 0) is 25.5 Å². The molecule has 0 radical (unpaired) electrons. The topological polar surface area (TPSA) is 96.1 Å². The first-order valence-corrected chi connectivity index (χ1v) is 8.59. The van der Waals surface area contributed by atoms with Gasteiger partial charge in [-0.3, -0.25) is 10.1 Å². The summed E-state index contributed by atoms with van der Waals surface area (Å²) in [4.78, 5) is 16.3. The van der Waals surface area contributed by atoms with Crippen LogP contribution in [-0.2, 0) is 10.0 Å². The molecule has 23 heavy (non-hydrogen) atoms. The molecule has 0 saturated carbocycles. The molecule has 0 fully saturated rings. The summed E-state index contributed by atoms with van der Waals surface area (Å²) in [6.45, 7) is 4.11. The highest BCUT2D eigenvalue weighted by atomic mass is 32.2. The first kappa shape index (κ1) is 17.2. The van der Waals surface area contributed by atoms with Crippen molar-refractivity contribution < 1.29 is 13.3 Å². The van der Waals surface area contributed by atoms with Gasteiger partial charge in [-0.25, -0.2) is 17.7 Å². The molecular formula is C14H20N4O4S. The normalized spacial score (nSPS) is 21.2. The summed E-state index contributed by atoms with van der Waals surface area (Å²) < 4.78 is 27.0. The third-order valence-electron chi connectivity index (χ3n) is 3.87. The smallest absolute Gasteiger partial charge is 0.269 e. The fraction of sp³-hybridized carbons (Fsp3) is 0.500. The van der Waals surface area contributed by atoms with Crippen molar-refractivity contribution in [3.8, 4) is 0 Å². The molecule has 8 nitrogen and oxygen atoms in total. The van der Waals surface area contributed by atoms with E-state index in [1.165, 1.54) is 28.6 Å². The third kappa shape index (κ3) is 3.14. The molecule has 1 aromatic carbocycles. The maximum absolute atomic E-state index is 12.9. The standard InChI is InChI=1S/C14H20N4O4S/c1-5-14(2)10-17(13(15-14)16(3)4)23(21,22)12-8-6-11(7-9-12)18(19)20/h6-9H,5,10H2,1-4H3. The van der Waals surface area contributed by atoms with Crippen LogP contribution in [0, 0.1) is 10.1 Å². The third-order valence-corrected chi connectivity index (χ3v) is 5.61. The fourth-order valence-corrected chi connectivity index (χ4v) is 3.89. The van der Waals surface area contributed by atoms with Crippen LogP contribution in [0.1, 0.15) is 20.3 Å². The Bertz CT molecular complexity index is 743. The Labute approximate surface area is 135 Å². The Balaban J connectivity index is 2.43. The van der Waals surface area contributed by atoms with Gasteiger partial charge in [0.05, 0.1) is 21.9 Å². The number of non-ortho nitro benzene ring substituents is 1. The summed E-state index contributed by atoms with van der Waals surface area (Å²) in [7, 11) is -0.349. The number of hydrogen-bond donors (Lipinski definition) is 0. The monoisotopic (exact) mass is 340 g/mol. The number of nitrogens with zero attached hydrogens (tertiary/aromatic N) is 4. The molecule has 9 heteroatoms. The predicted octanol–water partition coefficient (Wildman–Crippen LogP) is 1.69. The number of nitro groups is 1. The molecule has 1 aliphatic heterocycles. The van der Waals surface area contributed by atoms with Crippen LogP contribution in [0.15, 0.2) is 34.2 Å². The molecule has 1 unspecified atom stereocenters. The number of guanidine groups is 1. The quantitative estimate of drug-likeness (QED) is 0.614. The highest BCUT2D eigenvalue weighted by molar-refractivity contribution is 7.89. The first-order chi connectivity index (χ1) is 10.6. The summed E-state index contributed by atoms with van der Waals surface area (Å²) in [6, 6.07) is 4.88. The highest BCUT2D eigenvalue weighted by Gasteiger charge is 2.41. The van der Waals surface area contributed by atoms with Gasteiger partial charge in [0, 0.05) is 26.2 Å². The zero-order valence-corrected chi connectivity index (χ0v) is 14.4. The Morgan fingerprint density at radius 3 is 2.35 bits per heavy atom. The fourth-order valence-electron chi connectivity index (χ4n) is 2.29. The van der Waals surface area contributed by atoms with Crippen LogP contribution in [0.25, 0.3) is 0 Å². The van der Waals surface area contributed by atoms with Crippen molar-refractivity contribution in [1.82, 2.24) is 9.21 Å². The highest BCUT2D eigenvalue weighted by Crippen LogP contribution is 2.30. The zero-order valence-electron chi connectivity index (χ0n) is 13.6. The van der Waals surface area contributed by atoms with Crippen molar-refractivity contribution in [3.05, 3.63) is 34.4 Å². The van der Waals surface area contributed by atoms with E-state index in [0.29, 0.717) is 12.4 Å². The summed E-state index contributed by atoms with van der Waals surface area (Å²) in [5, 5.41) is 10.7. The van der Waals surface area contributed by atoms with Crippen molar-refractivity contribution in [2.75, 3.05) is 20.6 Å². The van der Waals surface area contributed by atoms with E-state index in [0.717, 1.165) is 0 Å². The number of benzene rings is 1. The minimum Gasteiger partial charge on any atom is -0.348 e. The maximum atomic E-state index is 12.9. The van der Waals surface area contributed by atoms with Gasteiger partial charge >= 0.3 is 0 Å². The minimum atomic E-state index is -3.82. The van der Waals surface area contributed by atoms with Crippen LogP contribution in [0.5, 0.6) is 0 Å². The van der Waals surface area contributed by atoms with E-state index < -0.39 is 20.5 Å². The van der Waals surface area contributed by atoms with Gasteiger partial charge in [-0.15, -0.1) is 0 Å². The molecule has 1 atom stereocenters. The molecule has 0 aromatic heterocycles. The largest absolute Gasteiger partial charge is 0.348 e. The lowest BCUT2D eigenvalue weighted by Crippen LogP contribution is -2.43. The van der Waals surface area contributed by atoms with Gasteiger partial charge in [0.15, 0.2) is 0 Å². The summed E-state index contributed by atoms with van der Waals surface area (Å²) in [5.41, 5.74) is -0.627. The summed E-state index contributed by atoms with van der Waals surface area (Å²) in [6.07, 6.45) is 0.705. The molecule has 0 spiro atoms. The zero-order chi connectivity index (χ0) is 17.4. The Hall–Kier alpha value is -2.16. The number of aliphatic imine (C=N–C) groups is 1. The Morgan fingerprint density at radius 1 is 1.35 bits per heavy atom. The molecule has 1 heterocycles. The van der Waals surface area contributed by atoms with Crippen LogP contribution >= 0.6 is 0 Å². The average Bonchev–Trinajstić information content (AvgIpc) is 2.87. The molecule has 0 N–H and O–H groups in total. The summed E-state index contributed by atoms with van der Waals surface area (Å²) in [5.74, 6) is 0.368. The van der Waals surface area contributed by atoms with E-state index in [9.17, 15) is 18.5 Å². The van der Waals surface area contributed by atoms with E-state index in [-0.39, 0.29) is 17.1 Å². The second-order valence-electron chi connectivity index (χ2n) is 5.92. The molecule has 126 valence electrons. The molecular weight excluding hydrogens is 320 g/mol. The minimum absolute atomic E-state index is 0.0120. The molecule has 2 rings (SSSR count). The van der Waals surface area contributed by atoms with Gasteiger partial charge in [0.25, 0.3) is 15.7 Å². The van der Waals surface area contributed by atoms with E-state index in [4.69, 9.17) is 0 Å². The van der Waals surface area contributed by atoms with E-state index in [1.54, 1.807) is 19.0 Å². The van der Waals surface area contributed by atoms with E-state index >= 15 is 0 Å². The summed E-state index contributed by atoms with van der Waals surface area (Å²) >= 11 is 0. The van der Waals surface area contributed by atoms with Gasteiger partial charge in [-0.2, -0.15) is 0 Å².